The predicted molar refractivity (Wildman–Crippen MR) is 49.2 cm³/mol. The lowest BCUT2D eigenvalue weighted by Crippen LogP contribution is -2.29. The van der Waals surface area contributed by atoms with E-state index in [0.29, 0.717) is 0 Å². The Labute approximate surface area is 86.8 Å². The zero-order valence-corrected chi connectivity index (χ0v) is 8.45. The van der Waals surface area contributed by atoms with Gasteiger partial charge in [0.2, 0.25) is 11.8 Å². The van der Waals surface area contributed by atoms with Gasteiger partial charge in [-0.25, -0.2) is 5.48 Å². The minimum atomic E-state index is -0.694. The molecule has 0 spiro atoms. The first-order valence-electron chi connectivity index (χ1n) is 4.40. The standard InChI is InChI=1S/C8H14N2O5/c1-2-14-8(13)4-3-7(12)10-15-5-6(9)11/h2-5H2,1H3,(H2,9,11)(H,10,12). The van der Waals surface area contributed by atoms with Crippen molar-refractivity contribution in [3.63, 3.8) is 0 Å². The molecule has 0 heterocycles. The van der Waals surface area contributed by atoms with Crippen LogP contribution in [0.25, 0.3) is 0 Å². The summed E-state index contributed by atoms with van der Waals surface area (Å²) in [5.74, 6) is -1.66. The van der Waals surface area contributed by atoms with Crippen molar-refractivity contribution in [2.75, 3.05) is 13.2 Å². The second kappa shape index (κ2) is 7.74. The van der Waals surface area contributed by atoms with E-state index in [-0.39, 0.29) is 19.4 Å². The van der Waals surface area contributed by atoms with Crippen LogP contribution in [-0.2, 0) is 24.0 Å². The van der Waals surface area contributed by atoms with Gasteiger partial charge in [-0.05, 0) is 6.92 Å². The van der Waals surface area contributed by atoms with Crippen LogP contribution in [0.15, 0.2) is 0 Å². The molecule has 7 nitrogen and oxygen atoms in total. The Balaban J connectivity index is 3.49. The summed E-state index contributed by atoms with van der Waals surface area (Å²) in [6, 6.07) is 0. The van der Waals surface area contributed by atoms with Gasteiger partial charge in [-0.15, -0.1) is 0 Å². The lowest BCUT2D eigenvalue weighted by Gasteiger charge is -2.03. The average Bonchev–Trinajstić information content (AvgIpc) is 2.14. The second-order valence-corrected chi connectivity index (χ2v) is 2.59. The van der Waals surface area contributed by atoms with Gasteiger partial charge in [0.25, 0.3) is 0 Å². The number of primary amides is 1. The van der Waals surface area contributed by atoms with Gasteiger partial charge in [0.15, 0.2) is 6.61 Å². The molecule has 0 atom stereocenters. The highest BCUT2D eigenvalue weighted by Gasteiger charge is 2.07. The number of hydroxylamine groups is 1. The molecular weight excluding hydrogens is 204 g/mol. The molecule has 0 rings (SSSR count). The summed E-state index contributed by atoms with van der Waals surface area (Å²) in [4.78, 5) is 36.4. The van der Waals surface area contributed by atoms with Gasteiger partial charge in [-0.1, -0.05) is 0 Å². The van der Waals surface area contributed by atoms with Crippen molar-refractivity contribution in [3.05, 3.63) is 0 Å². The maximum Gasteiger partial charge on any atom is 0.306 e. The highest BCUT2D eigenvalue weighted by Crippen LogP contribution is 1.92. The fourth-order valence-electron chi connectivity index (χ4n) is 0.687. The molecule has 0 aliphatic carbocycles. The number of hydrogen-bond donors (Lipinski definition) is 2. The fourth-order valence-corrected chi connectivity index (χ4v) is 0.687. The number of hydrogen-bond acceptors (Lipinski definition) is 5. The fraction of sp³-hybridized carbons (Fsp3) is 0.625. The van der Waals surface area contributed by atoms with Crippen LogP contribution < -0.4 is 11.2 Å². The zero-order valence-electron chi connectivity index (χ0n) is 8.45. The van der Waals surface area contributed by atoms with Crippen LogP contribution >= 0.6 is 0 Å². The molecule has 0 saturated carbocycles. The van der Waals surface area contributed by atoms with E-state index >= 15 is 0 Å². The van der Waals surface area contributed by atoms with Crippen LogP contribution in [0.3, 0.4) is 0 Å². The van der Waals surface area contributed by atoms with E-state index in [1.54, 1.807) is 6.92 Å². The SMILES string of the molecule is CCOC(=O)CCC(=O)NOCC(N)=O. The molecule has 0 radical (unpaired) electrons. The first-order chi connectivity index (χ1) is 7.06. The topological polar surface area (TPSA) is 108 Å². The minimum Gasteiger partial charge on any atom is -0.466 e. The van der Waals surface area contributed by atoms with E-state index in [1.807, 2.05) is 5.48 Å². The number of nitrogens with two attached hydrogens (primary N) is 1. The molecule has 86 valence electrons. The quantitative estimate of drug-likeness (QED) is 0.415. The van der Waals surface area contributed by atoms with Crippen molar-refractivity contribution in [1.29, 1.82) is 0 Å². The summed E-state index contributed by atoms with van der Waals surface area (Å²) in [7, 11) is 0. The molecule has 0 aliphatic rings. The van der Waals surface area contributed by atoms with E-state index < -0.39 is 24.4 Å². The predicted octanol–water partition coefficient (Wildman–Crippen LogP) is -1.14. The Hall–Kier alpha value is -1.63. The van der Waals surface area contributed by atoms with Gasteiger partial charge in [-0.3, -0.25) is 19.2 Å². The first-order valence-corrected chi connectivity index (χ1v) is 4.40. The molecule has 0 unspecified atom stereocenters. The third kappa shape index (κ3) is 8.69. The number of ether oxygens (including phenoxy) is 1. The van der Waals surface area contributed by atoms with Crippen molar-refractivity contribution in [2.45, 2.75) is 19.8 Å². The van der Waals surface area contributed by atoms with Crippen molar-refractivity contribution in [2.24, 2.45) is 5.73 Å². The maximum absolute atomic E-state index is 10.9. The monoisotopic (exact) mass is 218 g/mol. The Kier molecular flexibility index (Phi) is 6.90. The van der Waals surface area contributed by atoms with Crippen LogP contribution in [0.1, 0.15) is 19.8 Å². The summed E-state index contributed by atoms with van der Waals surface area (Å²) in [6.45, 7) is 1.55. The van der Waals surface area contributed by atoms with Crippen LogP contribution in [0.4, 0.5) is 0 Å². The molecular formula is C8H14N2O5. The van der Waals surface area contributed by atoms with Crippen LogP contribution in [0.2, 0.25) is 0 Å². The molecule has 0 aliphatic heterocycles. The lowest BCUT2D eigenvalue weighted by molar-refractivity contribution is -0.146. The molecule has 0 saturated heterocycles. The van der Waals surface area contributed by atoms with E-state index in [2.05, 4.69) is 9.57 Å². The smallest absolute Gasteiger partial charge is 0.306 e. The van der Waals surface area contributed by atoms with E-state index in [1.165, 1.54) is 0 Å². The Bertz CT molecular complexity index is 241. The largest absolute Gasteiger partial charge is 0.466 e. The minimum absolute atomic E-state index is 0.0282. The number of carbonyl (C=O) groups is 3. The molecule has 7 heteroatoms. The first kappa shape index (κ1) is 13.4. The summed E-state index contributed by atoms with van der Waals surface area (Å²) in [6.07, 6.45) is -0.0861. The second-order valence-electron chi connectivity index (χ2n) is 2.59. The molecule has 3 N–H and O–H groups in total. The molecule has 0 bridgehead atoms. The number of carbonyl (C=O) groups excluding carboxylic acids is 3. The number of amides is 2. The molecule has 0 aromatic rings. The Morgan fingerprint density at radius 2 is 1.93 bits per heavy atom. The van der Waals surface area contributed by atoms with E-state index in [9.17, 15) is 14.4 Å². The molecule has 0 fully saturated rings. The highest BCUT2D eigenvalue weighted by molar-refractivity contribution is 5.81. The lowest BCUT2D eigenvalue weighted by atomic mass is 10.3. The average molecular weight is 218 g/mol. The maximum atomic E-state index is 10.9. The molecule has 0 aromatic heterocycles. The summed E-state index contributed by atoms with van der Waals surface area (Å²) in [5, 5.41) is 0. The summed E-state index contributed by atoms with van der Waals surface area (Å²) < 4.78 is 4.60. The van der Waals surface area contributed by atoms with Gasteiger partial charge in [0, 0.05) is 6.42 Å². The van der Waals surface area contributed by atoms with Crippen LogP contribution in [0.5, 0.6) is 0 Å². The third-order valence-electron chi connectivity index (χ3n) is 1.26. The van der Waals surface area contributed by atoms with Crippen molar-refractivity contribution in [3.8, 4) is 0 Å². The molecule has 15 heavy (non-hydrogen) atoms. The van der Waals surface area contributed by atoms with Crippen molar-refractivity contribution < 1.29 is 24.0 Å². The van der Waals surface area contributed by atoms with Gasteiger partial charge < -0.3 is 10.5 Å². The van der Waals surface area contributed by atoms with Crippen LogP contribution in [0, 0.1) is 0 Å². The van der Waals surface area contributed by atoms with Crippen molar-refractivity contribution in [1.82, 2.24) is 5.48 Å². The van der Waals surface area contributed by atoms with E-state index in [0.717, 1.165) is 0 Å². The van der Waals surface area contributed by atoms with E-state index in [4.69, 9.17) is 5.73 Å². The normalized spacial score (nSPS) is 9.40. The highest BCUT2D eigenvalue weighted by atomic mass is 16.7. The molecule has 2 amide bonds. The molecule has 0 aromatic carbocycles. The third-order valence-corrected chi connectivity index (χ3v) is 1.26. The van der Waals surface area contributed by atoms with Crippen molar-refractivity contribution >= 4 is 17.8 Å². The zero-order chi connectivity index (χ0) is 11.7. The summed E-state index contributed by atoms with van der Waals surface area (Å²) in [5.41, 5.74) is 6.71. The number of rotatable bonds is 7. The Morgan fingerprint density at radius 1 is 1.27 bits per heavy atom. The van der Waals surface area contributed by atoms with Crippen LogP contribution in [-0.4, -0.2) is 31.0 Å². The van der Waals surface area contributed by atoms with Gasteiger partial charge in [-0.2, -0.15) is 0 Å². The van der Waals surface area contributed by atoms with Gasteiger partial charge >= 0.3 is 5.97 Å². The number of esters is 1. The summed E-state index contributed by atoms with van der Waals surface area (Å²) >= 11 is 0. The Morgan fingerprint density at radius 3 is 2.47 bits per heavy atom. The van der Waals surface area contributed by atoms with Gasteiger partial charge in [0.1, 0.15) is 0 Å². The number of nitrogens with one attached hydrogen (secondary N) is 1. The van der Waals surface area contributed by atoms with Gasteiger partial charge in [0.05, 0.1) is 13.0 Å².